The Morgan fingerprint density at radius 2 is 1.91 bits per heavy atom. The number of carbonyl (C=O) groups is 1. The van der Waals surface area contributed by atoms with Gasteiger partial charge in [0.15, 0.2) is 11.5 Å². The lowest BCUT2D eigenvalue weighted by molar-refractivity contribution is -0.120. The van der Waals surface area contributed by atoms with Crippen molar-refractivity contribution in [3.8, 4) is 17.2 Å². The van der Waals surface area contributed by atoms with E-state index in [9.17, 15) is 4.79 Å². The predicted molar refractivity (Wildman–Crippen MR) is 125 cm³/mol. The van der Waals surface area contributed by atoms with Crippen molar-refractivity contribution in [2.45, 2.75) is 38.1 Å². The van der Waals surface area contributed by atoms with Crippen molar-refractivity contribution in [1.29, 1.82) is 0 Å². The van der Waals surface area contributed by atoms with E-state index >= 15 is 0 Å². The van der Waals surface area contributed by atoms with Crippen molar-refractivity contribution in [3.05, 3.63) is 52.5 Å². The zero-order valence-electron chi connectivity index (χ0n) is 18.6. The lowest BCUT2D eigenvalue weighted by Crippen LogP contribution is -2.41. The smallest absolute Gasteiger partial charge is 0.224 e. The Kier molecular flexibility index (Phi) is 7.76. The molecule has 2 aliphatic rings. The van der Waals surface area contributed by atoms with Crippen LogP contribution in [0.5, 0.6) is 17.2 Å². The van der Waals surface area contributed by atoms with Crippen molar-refractivity contribution in [2.75, 3.05) is 40.0 Å². The van der Waals surface area contributed by atoms with Gasteiger partial charge in [-0.25, -0.2) is 0 Å². The minimum Gasteiger partial charge on any atom is -0.496 e. The Morgan fingerprint density at radius 3 is 2.72 bits per heavy atom. The molecule has 1 N–H and O–H groups in total. The number of nitrogens with one attached hydrogen (secondary N) is 1. The summed E-state index contributed by atoms with van der Waals surface area (Å²) in [5.74, 6) is 1.98. The molecule has 2 aromatic carbocycles. The molecule has 0 radical (unpaired) electrons. The van der Waals surface area contributed by atoms with Crippen LogP contribution in [0.25, 0.3) is 0 Å². The van der Waals surface area contributed by atoms with Crippen LogP contribution in [0, 0.1) is 0 Å². The molecular formula is C25H31ClN2O4. The molecule has 4 rings (SSSR count). The van der Waals surface area contributed by atoms with Crippen LogP contribution in [-0.4, -0.2) is 50.8 Å². The summed E-state index contributed by atoms with van der Waals surface area (Å²) in [7, 11) is 1.69. The molecule has 172 valence electrons. The van der Waals surface area contributed by atoms with E-state index in [-0.39, 0.29) is 18.4 Å². The summed E-state index contributed by atoms with van der Waals surface area (Å²) in [5, 5.41) is 3.62. The summed E-state index contributed by atoms with van der Waals surface area (Å²) in [6, 6.07) is 11.8. The highest BCUT2D eigenvalue weighted by Crippen LogP contribution is 2.38. The number of hydrogen-bond acceptors (Lipinski definition) is 5. The number of halogens is 1. The van der Waals surface area contributed by atoms with Gasteiger partial charge in [-0.3, -0.25) is 9.69 Å². The Bertz CT molecular complexity index is 930. The summed E-state index contributed by atoms with van der Waals surface area (Å²) >= 11 is 6.39. The number of carbonyl (C=O) groups excluding carboxylic acids is 1. The summed E-state index contributed by atoms with van der Waals surface area (Å²) in [5.41, 5.74) is 1.92. The van der Waals surface area contributed by atoms with Crippen molar-refractivity contribution >= 4 is 17.5 Å². The molecule has 0 saturated carbocycles. The number of fused-ring (bicyclic) bond motifs is 1. The number of para-hydroxylation sites is 1. The molecule has 32 heavy (non-hydrogen) atoms. The van der Waals surface area contributed by atoms with Gasteiger partial charge in [0.05, 0.1) is 37.8 Å². The Hall–Kier alpha value is -2.44. The van der Waals surface area contributed by atoms with Crippen molar-refractivity contribution < 1.29 is 19.0 Å². The fourth-order valence-corrected chi connectivity index (χ4v) is 4.74. The van der Waals surface area contributed by atoms with Crippen molar-refractivity contribution in [3.63, 3.8) is 0 Å². The average molecular weight is 459 g/mol. The zero-order chi connectivity index (χ0) is 22.3. The molecule has 2 aromatic rings. The Morgan fingerprint density at radius 1 is 1.12 bits per heavy atom. The molecule has 1 amide bonds. The van der Waals surface area contributed by atoms with Crippen LogP contribution in [-0.2, 0) is 11.2 Å². The fourth-order valence-electron chi connectivity index (χ4n) is 4.45. The second-order valence-corrected chi connectivity index (χ2v) is 8.70. The largest absolute Gasteiger partial charge is 0.496 e. The van der Waals surface area contributed by atoms with Gasteiger partial charge in [-0.05, 0) is 49.7 Å². The maximum absolute atomic E-state index is 12.9. The molecule has 0 aliphatic carbocycles. The van der Waals surface area contributed by atoms with Gasteiger partial charge in [-0.1, -0.05) is 36.2 Å². The molecular weight excluding hydrogens is 428 g/mol. The summed E-state index contributed by atoms with van der Waals surface area (Å²) in [6.07, 6.45) is 4.65. The van der Waals surface area contributed by atoms with E-state index in [4.69, 9.17) is 25.8 Å². The van der Waals surface area contributed by atoms with E-state index in [1.165, 1.54) is 19.3 Å². The first-order chi connectivity index (χ1) is 15.7. The van der Waals surface area contributed by atoms with E-state index < -0.39 is 0 Å². The van der Waals surface area contributed by atoms with Crippen LogP contribution in [0.15, 0.2) is 36.4 Å². The van der Waals surface area contributed by atoms with Gasteiger partial charge in [0.25, 0.3) is 0 Å². The third kappa shape index (κ3) is 5.48. The third-order valence-corrected chi connectivity index (χ3v) is 6.33. The molecule has 0 bridgehead atoms. The van der Waals surface area contributed by atoms with E-state index in [1.807, 2.05) is 24.3 Å². The molecule has 2 aliphatic heterocycles. The minimum atomic E-state index is -0.0486. The quantitative estimate of drug-likeness (QED) is 0.666. The molecule has 7 heteroatoms. The van der Waals surface area contributed by atoms with Crippen LogP contribution < -0.4 is 19.5 Å². The maximum Gasteiger partial charge on any atom is 0.224 e. The molecule has 1 atom stereocenters. The van der Waals surface area contributed by atoms with Gasteiger partial charge in [-0.15, -0.1) is 0 Å². The first kappa shape index (κ1) is 22.7. The monoisotopic (exact) mass is 458 g/mol. The van der Waals surface area contributed by atoms with E-state index in [0.29, 0.717) is 36.3 Å². The molecule has 6 nitrogen and oxygen atoms in total. The van der Waals surface area contributed by atoms with Crippen molar-refractivity contribution in [1.82, 2.24) is 10.2 Å². The van der Waals surface area contributed by atoms with Gasteiger partial charge in [0, 0.05) is 18.5 Å². The van der Waals surface area contributed by atoms with Crippen molar-refractivity contribution in [2.24, 2.45) is 0 Å². The second-order valence-electron chi connectivity index (χ2n) is 8.29. The number of benzene rings is 2. The fraction of sp³-hybridized carbons (Fsp3) is 0.480. The molecule has 2 heterocycles. The third-order valence-electron chi connectivity index (χ3n) is 6.05. The second kappa shape index (κ2) is 10.9. The first-order valence-electron chi connectivity index (χ1n) is 11.4. The number of rotatable bonds is 7. The highest BCUT2D eigenvalue weighted by atomic mass is 35.5. The number of likely N-dealkylation sites (tertiary alicyclic amines) is 1. The molecule has 1 saturated heterocycles. The molecule has 0 aromatic heterocycles. The summed E-state index contributed by atoms with van der Waals surface area (Å²) < 4.78 is 17.0. The Balaban J connectivity index is 1.45. The number of ether oxygens (including phenoxy) is 3. The molecule has 1 unspecified atom stereocenters. The van der Waals surface area contributed by atoms with Gasteiger partial charge in [0.2, 0.25) is 5.91 Å². The summed E-state index contributed by atoms with van der Waals surface area (Å²) in [6.45, 7) is 3.73. The zero-order valence-corrected chi connectivity index (χ0v) is 19.3. The topological polar surface area (TPSA) is 60.0 Å². The number of methoxy groups -OCH3 is 1. The first-order valence-corrected chi connectivity index (χ1v) is 11.7. The molecule has 1 fully saturated rings. The minimum absolute atomic E-state index is 0.0486. The van der Waals surface area contributed by atoms with Crippen LogP contribution in [0.4, 0.5) is 0 Å². The standard InChI is InChI=1S/C25H31ClN2O4/c1-30-22-9-4-3-8-19(22)21(28-10-5-2-6-11-28)17-27-24(29)16-18-14-20(26)25-23(15-18)31-12-7-13-32-25/h3-4,8-9,14-15,21H,2,5-7,10-13,16-17H2,1H3,(H,27,29). The predicted octanol–water partition coefficient (Wildman–Crippen LogP) is 4.40. The number of nitrogens with zero attached hydrogens (tertiary/aromatic N) is 1. The molecule has 0 spiro atoms. The lowest BCUT2D eigenvalue weighted by atomic mass is 10.0. The average Bonchev–Trinajstić information content (AvgIpc) is 3.06. The van der Waals surface area contributed by atoms with E-state index in [0.717, 1.165) is 36.4 Å². The number of hydrogen-bond donors (Lipinski definition) is 1. The van der Waals surface area contributed by atoms with E-state index in [1.54, 1.807) is 13.2 Å². The SMILES string of the molecule is COc1ccccc1C(CNC(=O)Cc1cc(Cl)c2c(c1)OCCCO2)N1CCCCC1. The van der Waals surface area contributed by atoms with Crippen LogP contribution in [0.1, 0.15) is 42.9 Å². The normalized spacial score (nSPS) is 17.3. The highest BCUT2D eigenvalue weighted by Gasteiger charge is 2.25. The van der Waals surface area contributed by atoms with Crippen LogP contribution >= 0.6 is 11.6 Å². The number of amides is 1. The lowest BCUT2D eigenvalue weighted by Gasteiger charge is -2.35. The maximum atomic E-state index is 12.9. The summed E-state index contributed by atoms with van der Waals surface area (Å²) in [4.78, 5) is 15.3. The van der Waals surface area contributed by atoms with E-state index in [2.05, 4.69) is 16.3 Å². The van der Waals surface area contributed by atoms with Crippen LogP contribution in [0.2, 0.25) is 5.02 Å². The van der Waals surface area contributed by atoms with Gasteiger partial charge in [0.1, 0.15) is 5.75 Å². The van der Waals surface area contributed by atoms with Gasteiger partial charge in [-0.2, -0.15) is 0 Å². The van der Waals surface area contributed by atoms with Crippen LogP contribution in [0.3, 0.4) is 0 Å². The van der Waals surface area contributed by atoms with Gasteiger partial charge < -0.3 is 19.5 Å². The van der Waals surface area contributed by atoms with Gasteiger partial charge >= 0.3 is 0 Å². The number of piperidine rings is 1. The Labute approximate surface area is 194 Å². The highest BCUT2D eigenvalue weighted by molar-refractivity contribution is 6.32.